The van der Waals surface area contributed by atoms with Crippen molar-refractivity contribution in [1.82, 2.24) is 4.98 Å². The van der Waals surface area contributed by atoms with E-state index in [9.17, 15) is 0 Å². The molecule has 0 amide bonds. The fourth-order valence-electron chi connectivity index (χ4n) is 2.59. The number of rotatable bonds is 3. The van der Waals surface area contributed by atoms with E-state index in [1.807, 2.05) is 12.3 Å². The Kier molecular flexibility index (Phi) is 3.01. The van der Waals surface area contributed by atoms with E-state index in [1.165, 1.54) is 24.1 Å². The van der Waals surface area contributed by atoms with Crippen LogP contribution in [0, 0.1) is 6.92 Å². The van der Waals surface area contributed by atoms with Gasteiger partial charge in [0, 0.05) is 12.2 Å². The monoisotopic (exact) mass is 238 g/mol. The van der Waals surface area contributed by atoms with Crippen molar-refractivity contribution in [1.29, 1.82) is 0 Å². The summed E-state index contributed by atoms with van der Waals surface area (Å²) in [5.74, 6) is 0.723. The van der Waals surface area contributed by atoms with Gasteiger partial charge in [-0.1, -0.05) is 30.3 Å². The third kappa shape index (κ3) is 2.23. The molecule has 0 unspecified atom stereocenters. The average molecular weight is 238 g/mol. The zero-order chi connectivity index (χ0) is 12.4. The number of nitrogens with zero attached hydrogens (tertiary/aromatic N) is 1. The van der Waals surface area contributed by atoms with Gasteiger partial charge in [0.15, 0.2) is 0 Å². The lowest BCUT2D eigenvalue weighted by Gasteiger charge is -2.37. The minimum absolute atomic E-state index is 0.595. The molecule has 1 aliphatic rings. The lowest BCUT2D eigenvalue weighted by atomic mass is 9.76. The Morgan fingerprint density at radius 2 is 1.83 bits per heavy atom. The van der Waals surface area contributed by atoms with E-state index in [4.69, 9.17) is 0 Å². The molecular weight excluding hydrogens is 220 g/mol. The van der Waals surface area contributed by atoms with Gasteiger partial charge in [0.1, 0.15) is 0 Å². The quantitative estimate of drug-likeness (QED) is 0.881. The van der Waals surface area contributed by atoms with E-state index in [0.717, 1.165) is 11.6 Å². The first-order valence-corrected chi connectivity index (χ1v) is 6.56. The summed E-state index contributed by atoms with van der Waals surface area (Å²) in [5, 5.41) is 3.58. The predicted molar refractivity (Wildman–Crippen MR) is 74.8 cm³/mol. The topological polar surface area (TPSA) is 24.9 Å². The second kappa shape index (κ2) is 4.81. The summed E-state index contributed by atoms with van der Waals surface area (Å²) < 4.78 is 0. The van der Waals surface area contributed by atoms with Crippen molar-refractivity contribution >= 4 is 5.69 Å². The highest BCUT2D eigenvalue weighted by Gasteiger charge is 2.30. The number of hydrogen-bond acceptors (Lipinski definition) is 2. The van der Waals surface area contributed by atoms with Gasteiger partial charge < -0.3 is 5.32 Å². The Bertz CT molecular complexity index is 516. The fraction of sp³-hybridized carbons (Fsp3) is 0.312. The van der Waals surface area contributed by atoms with Gasteiger partial charge in [0.2, 0.25) is 0 Å². The Balaban J connectivity index is 1.59. The number of benzene rings is 1. The molecule has 2 nitrogen and oxygen atoms in total. The van der Waals surface area contributed by atoms with Crippen LogP contribution in [0.1, 0.15) is 30.0 Å². The zero-order valence-electron chi connectivity index (χ0n) is 10.6. The van der Waals surface area contributed by atoms with Crippen molar-refractivity contribution in [3.63, 3.8) is 0 Å². The minimum Gasteiger partial charge on any atom is -0.381 e. The van der Waals surface area contributed by atoms with Crippen LogP contribution in [0.25, 0.3) is 0 Å². The Morgan fingerprint density at radius 1 is 1.06 bits per heavy atom. The molecule has 1 aromatic heterocycles. The molecule has 18 heavy (non-hydrogen) atoms. The lowest BCUT2D eigenvalue weighted by Crippen LogP contribution is -2.34. The third-order valence-electron chi connectivity index (χ3n) is 3.78. The molecule has 1 N–H and O–H groups in total. The Hall–Kier alpha value is -1.83. The van der Waals surface area contributed by atoms with Gasteiger partial charge >= 0.3 is 0 Å². The molecule has 1 heterocycles. The molecule has 1 aromatic carbocycles. The molecule has 2 aromatic rings. The second-order valence-electron chi connectivity index (χ2n) is 5.06. The van der Waals surface area contributed by atoms with Crippen molar-refractivity contribution in [2.75, 3.05) is 5.32 Å². The van der Waals surface area contributed by atoms with Crippen molar-refractivity contribution in [3.8, 4) is 0 Å². The molecule has 1 fully saturated rings. The van der Waals surface area contributed by atoms with Crippen LogP contribution in [0.15, 0.2) is 48.7 Å². The molecule has 1 aliphatic carbocycles. The normalized spacial score (nSPS) is 22.3. The first-order chi connectivity index (χ1) is 8.83. The van der Waals surface area contributed by atoms with Crippen LogP contribution in [-0.4, -0.2) is 11.0 Å². The maximum absolute atomic E-state index is 4.31. The van der Waals surface area contributed by atoms with E-state index in [2.05, 4.69) is 53.6 Å². The van der Waals surface area contributed by atoms with E-state index >= 15 is 0 Å². The summed E-state index contributed by atoms with van der Waals surface area (Å²) in [7, 11) is 0. The molecule has 0 radical (unpaired) electrons. The summed E-state index contributed by atoms with van der Waals surface area (Å²) in [4.78, 5) is 4.31. The molecule has 1 saturated carbocycles. The number of hydrogen-bond donors (Lipinski definition) is 1. The van der Waals surface area contributed by atoms with E-state index < -0.39 is 0 Å². The number of aryl methyl sites for hydroxylation is 1. The number of aromatic nitrogens is 1. The molecule has 0 bridgehead atoms. The largest absolute Gasteiger partial charge is 0.381 e. The van der Waals surface area contributed by atoms with Crippen molar-refractivity contribution in [3.05, 3.63) is 59.9 Å². The van der Waals surface area contributed by atoms with Crippen LogP contribution in [0.2, 0.25) is 0 Å². The SMILES string of the molecule is Cc1ncccc1NC1CC(c2ccccc2)C1. The molecule has 3 rings (SSSR count). The van der Waals surface area contributed by atoms with Crippen molar-refractivity contribution < 1.29 is 0 Å². The van der Waals surface area contributed by atoms with Crippen LogP contribution < -0.4 is 5.32 Å². The summed E-state index contributed by atoms with van der Waals surface area (Å²) in [5.41, 5.74) is 3.73. The number of nitrogens with one attached hydrogen (secondary N) is 1. The summed E-state index contributed by atoms with van der Waals surface area (Å²) in [6.45, 7) is 2.05. The van der Waals surface area contributed by atoms with Crippen LogP contribution in [-0.2, 0) is 0 Å². The van der Waals surface area contributed by atoms with Crippen molar-refractivity contribution in [2.24, 2.45) is 0 Å². The third-order valence-corrected chi connectivity index (χ3v) is 3.78. The molecule has 0 aliphatic heterocycles. The number of anilines is 1. The first-order valence-electron chi connectivity index (χ1n) is 6.56. The highest BCUT2D eigenvalue weighted by Crippen LogP contribution is 2.38. The molecule has 0 atom stereocenters. The van der Waals surface area contributed by atoms with Gasteiger partial charge in [-0.2, -0.15) is 0 Å². The lowest BCUT2D eigenvalue weighted by molar-refractivity contribution is 0.374. The Morgan fingerprint density at radius 3 is 2.56 bits per heavy atom. The molecule has 2 heteroatoms. The van der Waals surface area contributed by atoms with Gasteiger partial charge in [-0.3, -0.25) is 4.98 Å². The highest BCUT2D eigenvalue weighted by molar-refractivity contribution is 5.48. The van der Waals surface area contributed by atoms with Crippen LogP contribution in [0.4, 0.5) is 5.69 Å². The van der Waals surface area contributed by atoms with Gasteiger partial charge in [-0.25, -0.2) is 0 Å². The second-order valence-corrected chi connectivity index (χ2v) is 5.06. The Labute approximate surface area is 108 Å². The number of pyridine rings is 1. The highest BCUT2D eigenvalue weighted by atomic mass is 15.0. The first kappa shape index (κ1) is 11.3. The molecule has 92 valence electrons. The summed E-state index contributed by atoms with van der Waals surface area (Å²) in [6.07, 6.45) is 4.28. The van der Waals surface area contributed by atoms with Crippen LogP contribution >= 0.6 is 0 Å². The van der Waals surface area contributed by atoms with E-state index in [-0.39, 0.29) is 0 Å². The van der Waals surface area contributed by atoms with Crippen LogP contribution in [0.3, 0.4) is 0 Å². The van der Waals surface area contributed by atoms with Gasteiger partial charge in [0.05, 0.1) is 11.4 Å². The average Bonchev–Trinajstić information content (AvgIpc) is 2.36. The molecule has 0 spiro atoms. The standard InChI is InChI=1S/C16H18N2/c1-12-16(8-5-9-17-12)18-15-10-14(11-15)13-6-3-2-4-7-13/h2-9,14-15,18H,10-11H2,1H3. The maximum atomic E-state index is 4.31. The summed E-state index contributed by atoms with van der Waals surface area (Å²) in [6, 6.07) is 15.5. The molecule has 0 saturated heterocycles. The predicted octanol–water partition coefficient (Wildman–Crippen LogP) is 3.75. The fourth-order valence-corrected chi connectivity index (χ4v) is 2.59. The van der Waals surface area contributed by atoms with E-state index in [0.29, 0.717) is 6.04 Å². The summed E-state index contributed by atoms with van der Waals surface area (Å²) >= 11 is 0. The van der Waals surface area contributed by atoms with Crippen LogP contribution in [0.5, 0.6) is 0 Å². The minimum atomic E-state index is 0.595. The van der Waals surface area contributed by atoms with E-state index in [1.54, 1.807) is 0 Å². The van der Waals surface area contributed by atoms with Gasteiger partial charge in [-0.05, 0) is 43.4 Å². The smallest absolute Gasteiger partial charge is 0.0603 e. The molecular formula is C16H18N2. The van der Waals surface area contributed by atoms with Crippen molar-refractivity contribution in [2.45, 2.75) is 31.7 Å². The van der Waals surface area contributed by atoms with Gasteiger partial charge in [0.25, 0.3) is 0 Å². The maximum Gasteiger partial charge on any atom is 0.0603 e. The zero-order valence-corrected chi connectivity index (χ0v) is 10.6. The van der Waals surface area contributed by atoms with Gasteiger partial charge in [-0.15, -0.1) is 0 Å².